The van der Waals surface area contributed by atoms with Crippen molar-refractivity contribution in [1.82, 2.24) is 19.3 Å². The summed E-state index contributed by atoms with van der Waals surface area (Å²) in [6.45, 7) is 6.88. The van der Waals surface area contributed by atoms with Gasteiger partial charge in [0.25, 0.3) is 0 Å². The standard InChI is InChI=1S/C27H35N5O4/c1-16(2)19-13-28-30(14-19)15-24-29-25-21-10-5-17(3)31(27(35)36-4)22(21)11-12-23(25)32(24)20-8-6-18(7-9-20)26(33)34/h11-14,16-18,20H,5-10,15H2,1-4H3,(H,33,34). The highest BCUT2D eigenvalue weighted by atomic mass is 16.5. The van der Waals surface area contributed by atoms with E-state index >= 15 is 0 Å². The van der Waals surface area contributed by atoms with Crippen molar-refractivity contribution >= 4 is 28.8 Å². The third-order valence-electron chi connectivity index (χ3n) is 7.93. The van der Waals surface area contributed by atoms with Crippen molar-refractivity contribution in [2.75, 3.05) is 12.0 Å². The zero-order chi connectivity index (χ0) is 25.6. The summed E-state index contributed by atoms with van der Waals surface area (Å²) in [4.78, 5) is 31.0. The van der Waals surface area contributed by atoms with E-state index in [1.165, 1.54) is 12.7 Å². The fourth-order valence-corrected chi connectivity index (χ4v) is 5.83. The quantitative estimate of drug-likeness (QED) is 0.529. The smallest absolute Gasteiger partial charge is 0.414 e. The molecule has 1 aliphatic carbocycles. The topological polar surface area (TPSA) is 102 Å². The number of benzene rings is 1. The van der Waals surface area contributed by atoms with E-state index in [2.05, 4.69) is 35.8 Å². The Balaban J connectivity index is 1.60. The van der Waals surface area contributed by atoms with Crippen LogP contribution in [0.2, 0.25) is 0 Å². The van der Waals surface area contributed by atoms with Crippen LogP contribution >= 0.6 is 0 Å². The number of aromatic nitrogens is 4. The number of carboxylic acids is 1. The lowest BCUT2D eigenvalue weighted by Crippen LogP contribution is -2.42. The van der Waals surface area contributed by atoms with E-state index in [0.717, 1.165) is 53.8 Å². The van der Waals surface area contributed by atoms with Gasteiger partial charge in [-0.15, -0.1) is 0 Å². The maximum absolute atomic E-state index is 12.6. The van der Waals surface area contributed by atoms with E-state index in [4.69, 9.17) is 9.72 Å². The molecule has 1 atom stereocenters. The number of hydrogen-bond donors (Lipinski definition) is 1. The summed E-state index contributed by atoms with van der Waals surface area (Å²) in [6, 6.07) is 4.30. The van der Waals surface area contributed by atoms with Gasteiger partial charge in [0.05, 0.1) is 42.5 Å². The Morgan fingerprint density at radius 1 is 1.17 bits per heavy atom. The first-order chi connectivity index (χ1) is 17.3. The van der Waals surface area contributed by atoms with Gasteiger partial charge in [-0.1, -0.05) is 13.8 Å². The molecule has 2 aliphatic rings. The average molecular weight is 494 g/mol. The van der Waals surface area contributed by atoms with Gasteiger partial charge < -0.3 is 14.4 Å². The SMILES string of the molecule is COC(=O)N1c2ccc3c(nc(Cn4cc(C(C)C)cn4)n3C3CCC(C(=O)O)CC3)c2CCC1C. The van der Waals surface area contributed by atoms with Gasteiger partial charge in [0, 0.05) is 23.8 Å². The van der Waals surface area contributed by atoms with E-state index in [0.29, 0.717) is 25.3 Å². The number of imidazole rings is 1. The normalized spacial score (nSPS) is 22.1. The number of carboxylic acid groups (broad SMARTS) is 1. The molecule has 1 unspecified atom stereocenters. The maximum atomic E-state index is 12.6. The predicted octanol–water partition coefficient (Wildman–Crippen LogP) is 5.13. The molecule has 0 radical (unpaired) electrons. The number of aliphatic carboxylic acids is 1. The second kappa shape index (κ2) is 9.59. The molecule has 1 aromatic carbocycles. The summed E-state index contributed by atoms with van der Waals surface area (Å²) in [6.07, 6.45) is 8.23. The molecular formula is C27H35N5O4. The molecule has 1 N–H and O–H groups in total. The van der Waals surface area contributed by atoms with Crippen molar-refractivity contribution in [3.63, 3.8) is 0 Å². The third-order valence-corrected chi connectivity index (χ3v) is 7.93. The molecule has 1 fully saturated rings. The van der Waals surface area contributed by atoms with Gasteiger partial charge in [0.2, 0.25) is 0 Å². The third kappa shape index (κ3) is 4.24. The maximum Gasteiger partial charge on any atom is 0.414 e. The Labute approximate surface area is 211 Å². The molecule has 1 amide bonds. The van der Waals surface area contributed by atoms with Crippen molar-refractivity contribution in [2.45, 2.75) is 83.8 Å². The number of rotatable bonds is 5. The first-order valence-corrected chi connectivity index (χ1v) is 12.9. The number of nitrogens with zero attached hydrogens (tertiary/aromatic N) is 5. The molecule has 0 spiro atoms. The molecule has 5 rings (SSSR count). The molecule has 1 saturated carbocycles. The molecule has 192 valence electrons. The number of amides is 1. The van der Waals surface area contributed by atoms with E-state index in [-0.39, 0.29) is 24.1 Å². The number of ether oxygens (including phenoxy) is 1. The largest absolute Gasteiger partial charge is 0.481 e. The van der Waals surface area contributed by atoms with Crippen molar-refractivity contribution in [2.24, 2.45) is 5.92 Å². The van der Waals surface area contributed by atoms with Gasteiger partial charge in [-0.3, -0.25) is 14.4 Å². The van der Waals surface area contributed by atoms with Crippen molar-refractivity contribution < 1.29 is 19.4 Å². The molecule has 0 saturated heterocycles. The van der Waals surface area contributed by atoms with Gasteiger partial charge in [0.1, 0.15) is 5.82 Å². The molecule has 36 heavy (non-hydrogen) atoms. The molecule has 0 bridgehead atoms. The minimum Gasteiger partial charge on any atom is -0.481 e. The van der Waals surface area contributed by atoms with E-state index in [9.17, 15) is 14.7 Å². The molecule has 1 aliphatic heterocycles. The minimum absolute atomic E-state index is 0.0498. The van der Waals surface area contributed by atoms with Crippen LogP contribution in [0.4, 0.5) is 10.5 Å². The zero-order valence-corrected chi connectivity index (χ0v) is 21.5. The lowest BCUT2D eigenvalue weighted by Gasteiger charge is -2.34. The predicted molar refractivity (Wildman–Crippen MR) is 136 cm³/mol. The number of fused-ring (bicyclic) bond motifs is 3. The first kappa shape index (κ1) is 24.3. The van der Waals surface area contributed by atoms with Crippen molar-refractivity contribution in [3.8, 4) is 0 Å². The van der Waals surface area contributed by atoms with Crippen LogP contribution in [-0.2, 0) is 22.5 Å². The van der Waals surface area contributed by atoms with Crippen LogP contribution in [0.3, 0.4) is 0 Å². The molecule has 2 aromatic heterocycles. The van der Waals surface area contributed by atoms with E-state index < -0.39 is 5.97 Å². The minimum atomic E-state index is -0.701. The van der Waals surface area contributed by atoms with Crippen LogP contribution in [0.1, 0.15) is 81.8 Å². The van der Waals surface area contributed by atoms with Crippen LogP contribution in [0.15, 0.2) is 24.5 Å². The summed E-state index contributed by atoms with van der Waals surface area (Å²) in [7, 11) is 1.41. The van der Waals surface area contributed by atoms with Crippen LogP contribution in [0, 0.1) is 5.92 Å². The van der Waals surface area contributed by atoms with Gasteiger partial charge >= 0.3 is 12.1 Å². The number of hydrogen-bond acceptors (Lipinski definition) is 5. The van der Waals surface area contributed by atoms with Gasteiger partial charge in [-0.05, 0) is 69.1 Å². The summed E-state index contributed by atoms with van der Waals surface area (Å²) in [5.41, 5.74) is 5.07. The second-order valence-corrected chi connectivity index (χ2v) is 10.5. The molecule has 3 heterocycles. The number of anilines is 1. The summed E-state index contributed by atoms with van der Waals surface area (Å²) in [5, 5.41) is 14.1. The van der Waals surface area contributed by atoms with Crippen LogP contribution < -0.4 is 4.90 Å². The Morgan fingerprint density at radius 3 is 2.56 bits per heavy atom. The highest BCUT2D eigenvalue weighted by Gasteiger charge is 2.33. The Bertz CT molecular complexity index is 1280. The highest BCUT2D eigenvalue weighted by Crippen LogP contribution is 2.40. The Hall–Kier alpha value is -3.36. The fraction of sp³-hybridized carbons (Fsp3) is 0.556. The molecule has 9 heteroatoms. The van der Waals surface area contributed by atoms with Crippen molar-refractivity contribution in [1.29, 1.82) is 0 Å². The van der Waals surface area contributed by atoms with Crippen LogP contribution in [-0.4, -0.2) is 49.7 Å². The van der Waals surface area contributed by atoms with Crippen molar-refractivity contribution in [3.05, 3.63) is 41.5 Å². The summed E-state index contributed by atoms with van der Waals surface area (Å²) in [5.74, 6) is 0.330. The summed E-state index contributed by atoms with van der Waals surface area (Å²) < 4.78 is 9.33. The van der Waals surface area contributed by atoms with E-state index in [1.807, 2.05) is 23.9 Å². The molecular weight excluding hydrogens is 458 g/mol. The monoisotopic (exact) mass is 493 g/mol. The van der Waals surface area contributed by atoms with Crippen LogP contribution in [0.5, 0.6) is 0 Å². The second-order valence-electron chi connectivity index (χ2n) is 10.5. The number of aryl methyl sites for hydroxylation is 1. The van der Waals surface area contributed by atoms with Crippen LogP contribution in [0.25, 0.3) is 11.0 Å². The zero-order valence-electron chi connectivity index (χ0n) is 21.5. The summed E-state index contributed by atoms with van der Waals surface area (Å²) >= 11 is 0. The number of methoxy groups -OCH3 is 1. The van der Waals surface area contributed by atoms with Gasteiger partial charge in [-0.25, -0.2) is 9.78 Å². The molecule has 9 nitrogen and oxygen atoms in total. The number of carbonyl (C=O) groups excluding carboxylic acids is 1. The number of carbonyl (C=O) groups is 2. The Morgan fingerprint density at radius 2 is 1.92 bits per heavy atom. The van der Waals surface area contributed by atoms with E-state index in [1.54, 1.807) is 4.90 Å². The lowest BCUT2D eigenvalue weighted by atomic mass is 9.86. The fourth-order valence-electron chi connectivity index (χ4n) is 5.83. The highest BCUT2D eigenvalue weighted by molar-refractivity contribution is 5.95. The average Bonchev–Trinajstić information content (AvgIpc) is 3.48. The first-order valence-electron chi connectivity index (χ1n) is 12.9. The van der Waals surface area contributed by atoms with Gasteiger partial charge in [0.15, 0.2) is 0 Å². The van der Waals surface area contributed by atoms with Gasteiger partial charge in [-0.2, -0.15) is 5.10 Å². The molecule has 3 aromatic rings. The Kier molecular flexibility index (Phi) is 6.49. The lowest BCUT2D eigenvalue weighted by molar-refractivity contribution is -0.143.